The van der Waals surface area contributed by atoms with Crippen molar-refractivity contribution in [2.24, 2.45) is 0 Å². The summed E-state index contributed by atoms with van der Waals surface area (Å²) in [7, 11) is -19.5. The van der Waals surface area contributed by atoms with Crippen LogP contribution in [0.4, 0.5) is 0 Å². The highest BCUT2D eigenvalue weighted by atomic mass is 31.2. The van der Waals surface area contributed by atoms with Gasteiger partial charge in [-0.2, -0.15) is 0 Å². The summed E-state index contributed by atoms with van der Waals surface area (Å²) in [4.78, 5) is 0. The molecule has 2 saturated heterocycles. The highest BCUT2D eigenvalue weighted by Crippen LogP contribution is 2.49. The Bertz CT molecular complexity index is 2310. The fourth-order valence-corrected chi connectivity index (χ4v) is 14.0. The number of methoxy groups -OCH3 is 3. The van der Waals surface area contributed by atoms with Crippen LogP contribution >= 0.6 is 68.4 Å². The van der Waals surface area contributed by atoms with E-state index in [1.165, 1.54) is 67.1 Å². The highest BCUT2D eigenvalue weighted by Gasteiger charge is 2.23. The average molecular weight is 1820 g/mol. The van der Waals surface area contributed by atoms with E-state index >= 15 is 0 Å². The summed E-state index contributed by atoms with van der Waals surface area (Å²) in [5.41, 5.74) is 0. The minimum Gasteiger partial charge on any atom is -0.394 e. The van der Waals surface area contributed by atoms with Crippen LogP contribution in [0.15, 0.2) is 0 Å². The first-order chi connectivity index (χ1) is 51.3. The molecule has 0 bridgehead atoms. The Kier molecular flexibility index (Phi) is 104. The lowest BCUT2D eigenvalue weighted by Gasteiger charge is -2.18. The largest absolute Gasteiger partial charge is 0.394 e. The van der Waals surface area contributed by atoms with Gasteiger partial charge in [-0.25, -0.2) is 0 Å². The fraction of sp³-hybridized carbons (Fsp3) is 1.00. The standard InChI is InChI=1S/C11H25O7P.C9H21O7P.2C7H17O5P.C5H13O5P.C5H13O4P.C5H11O3P.C5H13O3P.C4H9O3P.2CH4/c1-13-4-6-15-8-10-17-19(3,12)18-11-9-16-7-5-14-2;1-17(12,15-8-6-13-4-2-10)16-9-7-14-5-3-11;1-9-4-5-11-6-7-12-13(3,8)10-2;1-3-11-13(2,9)12-7-6-10-5-4-8;1-11(8,9-4-2-6)10-5-3-7;1-3-8-10(2,7)9-5-4-6;1-9(6)7-4-2-3-5-8-9;1-4-7-9(3,6)8-5-2;1-8(5)6-3-2-4-7-8;;/h4-11H2,1-3H3;10-11H,2-9H2,1H3;4-7H2,1-3H3;8H,3-7H2,1-2H3;6-7H,2-5H2,1H3;6H,3-5H2,1-2H3;2-5H2,1H3;4-5H2,1-3H3;2-4H2,1H3;2*1H4. The predicted octanol–water partition coefficient (Wildman–Crippen LogP) is 9.75. The molecule has 684 valence electrons. The molecule has 0 amide bonds. The van der Waals surface area contributed by atoms with Gasteiger partial charge in [-0.3, -0.25) is 41.1 Å². The Labute approximate surface area is 662 Å². The minimum atomic E-state index is -3.07. The number of aliphatic hydroxyl groups excluding tert-OH is 6. The molecule has 2 heterocycles. The fourth-order valence-electron chi connectivity index (χ4n) is 5.90. The Balaban J connectivity index is -0.000000152. The van der Waals surface area contributed by atoms with Gasteiger partial charge in [0.05, 0.1) is 251 Å². The molecule has 42 nitrogen and oxygen atoms in total. The van der Waals surface area contributed by atoms with E-state index in [1.54, 1.807) is 49.0 Å². The first kappa shape index (κ1) is 130. The van der Waals surface area contributed by atoms with Gasteiger partial charge in [-0.05, 0) is 47.0 Å². The number of rotatable bonds is 57. The summed E-state index contributed by atoms with van der Waals surface area (Å²) in [6.45, 7) is 30.1. The van der Waals surface area contributed by atoms with Gasteiger partial charge in [0, 0.05) is 88.4 Å². The molecule has 51 heteroatoms. The predicted molar refractivity (Wildman–Crippen MR) is 423 cm³/mol. The first-order valence-electron chi connectivity index (χ1n) is 34.6. The molecule has 0 saturated carbocycles. The highest BCUT2D eigenvalue weighted by molar-refractivity contribution is 7.55. The zero-order valence-corrected chi connectivity index (χ0v) is 75.4. The lowest BCUT2D eigenvalue weighted by atomic mass is 10.3. The zero-order valence-electron chi connectivity index (χ0n) is 67.4. The van der Waals surface area contributed by atoms with Crippen molar-refractivity contribution in [3.05, 3.63) is 0 Å². The molecular formula is C60H147O42P9. The molecule has 0 aromatic carbocycles. The lowest BCUT2D eigenvalue weighted by molar-refractivity contribution is 0.0412. The third-order valence-electron chi connectivity index (χ3n) is 10.5. The topological polar surface area (TPSA) is 524 Å². The van der Waals surface area contributed by atoms with Crippen LogP contribution in [0.25, 0.3) is 0 Å². The molecule has 0 aromatic heterocycles. The molecular weight excluding hydrogens is 1670 g/mol. The molecule has 111 heavy (non-hydrogen) atoms. The third kappa shape index (κ3) is 115. The van der Waals surface area contributed by atoms with Crippen LogP contribution in [0.2, 0.25) is 0 Å². The molecule has 0 aromatic rings. The summed E-state index contributed by atoms with van der Waals surface area (Å²) in [6.07, 6.45) is 2.77. The molecule has 2 fully saturated rings. The number of hydrogen-bond donors (Lipinski definition) is 6. The smallest absolute Gasteiger partial charge is 0.327 e. The summed E-state index contributed by atoms with van der Waals surface area (Å²) < 4.78 is 233. The monoisotopic (exact) mass is 1820 g/mol. The number of ether oxygens (including phenoxy) is 9. The lowest BCUT2D eigenvalue weighted by Crippen LogP contribution is -2.10. The van der Waals surface area contributed by atoms with Gasteiger partial charge in [-0.15, -0.1) is 0 Å². The Morgan fingerprint density at radius 2 is 0.432 bits per heavy atom. The van der Waals surface area contributed by atoms with Gasteiger partial charge in [0.2, 0.25) is 0 Å². The van der Waals surface area contributed by atoms with Crippen LogP contribution in [0.5, 0.6) is 0 Å². The van der Waals surface area contributed by atoms with Gasteiger partial charge in [0.1, 0.15) is 0 Å². The normalized spacial score (nSPS) is 15.4. The van der Waals surface area contributed by atoms with Crippen molar-refractivity contribution >= 4 is 68.4 Å². The minimum absolute atomic E-state index is 0. The van der Waals surface area contributed by atoms with Crippen molar-refractivity contribution in [1.82, 2.24) is 0 Å². The molecule has 0 spiro atoms. The first-order valence-corrected chi connectivity index (χ1v) is 52.5. The molecule has 2 aliphatic heterocycles. The quantitative estimate of drug-likeness (QED) is 0.0243. The van der Waals surface area contributed by atoms with Gasteiger partial charge in [-0.1, -0.05) is 14.9 Å². The van der Waals surface area contributed by atoms with Crippen LogP contribution < -0.4 is 0 Å². The molecule has 2 aliphatic rings. The Morgan fingerprint density at radius 3 is 0.622 bits per heavy atom. The zero-order chi connectivity index (χ0) is 84.6. The van der Waals surface area contributed by atoms with Crippen molar-refractivity contribution in [1.29, 1.82) is 0 Å². The maximum Gasteiger partial charge on any atom is 0.327 e. The molecule has 3 unspecified atom stereocenters. The summed E-state index contributed by atoms with van der Waals surface area (Å²) in [5, 5.41) is 50.1. The molecule has 6 N–H and O–H groups in total. The second-order valence-electron chi connectivity index (χ2n) is 20.7. The number of hydrogen-bond acceptors (Lipinski definition) is 42. The van der Waals surface area contributed by atoms with Crippen LogP contribution in [0, 0.1) is 0 Å². The van der Waals surface area contributed by atoms with Crippen molar-refractivity contribution in [3.8, 4) is 0 Å². The van der Waals surface area contributed by atoms with Gasteiger partial charge in [0.15, 0.2) is 0 Å². The van der Waals surface area contributed by atoms with E-state index in [1.807, 2.05) is 0 Å². The second kappa shape index (κ2) is 88.5. The molecule has 0 aliphatic carbocycles. The van der Waals surface area contributed by atoms with E-state index in [0.717, 1.165) is 19.3 Å². The summed E-state index contributed by atoms with van der Waals surface area (Å²) in [6, 6.07) is 0. The van der Waals surface area contributed by atoms with E-state index in [0.29, 0.717) is 119 Å². The number of aliphatic hydroxyl groups is 6. The van der Waals surface area contributed by atoms with Crippen LogP contribution in [-0.4, -0.2) is 370 Å². The van der Waals surface area contributed by atoms with Crippen molar-refractivity contribution < 1.29 is 196 Å². The van der Waals surface area contributed by atoms with Crippen molar-refractivity contribution in [3.63, 3.8) is 0 Å². The van der Waals surface area contributed by atoms with Gasteiger partial charge >= 0.3 is 68.4 Å². The van der Waals surface area contributed by atoms with Crippen LogP contribution in [0.3, 0.4) is 0 Å². The average Bonchev–Trinajstić information content (AvgIpc) is 1.79. The van der Waals surface area contributed by atoms with E-state index in [9.17, 15) is 41.1 Å². The van der Waals surface area contributed by atoms with Gasteiger partial charge < -0.3 is 155 Å². The van der Waals surface area contributed by atoms with E-state index < -0.39 is 68.4 Å². The Morgan fingerprint density at radius 1 is 0.261 bits per heavy atom. The summed E-state index contributed by atoms with van der Waals surface area (Å²) >= 11 is 0. The maximum atomic E-state index is 11.8. The van der Waals surface area contributed by atoms with E-state index in [-0.39, 0.29) is 147 Å². The molecule has 3 atom stereocenters. The molecule has 0 radical (unpaired) electrons. The van der Waals surface area contributed by atoms with Crippen LogP contribution in [0.1, 0.15) is 61.8 Å². The molecule has 2 rings (SSSR count). The van der Waals surface area contributed by atoms with E-state index in [4.69, 9.17) is 141 Å². The van der Waals surface area contributed by atoms with E-state index in [2.05, 4.69) is 13.6 Å². The SMILES string of the molecule is C.C.CCOP(C)(=O)OCC.CCOP(C)(=O)OCCO.CCOP(C)(=O)OCCOCCO.COCCOCCOP(C)(=O)OC.COCCOCCOP(C)(=O)OCCOCCOC.CP(=O)(OCCO)OCCO.CP(=O)(OCCOCCO)OCCOCCO.CP1(=O)OCCCCO1.CP1(=O)OCCCO1. The van der Waals surface area contributed by atoms with Crippen molar-refractivity contribution in [2.75, 3.05) is 339 Å². The Hall–Kier alpha value is 0.750. The van der Waals surface area contributed by atoms with Crippen LogP contribution in [-0.2, 0) is 165 Å². The second-order valence-corrected chi connectivity index (χ2v) is 39.3. The van der Waals surface area contributed by atoms with Gasteiger partial charge in [0.25, 0.3) is 0 Å². The third-order valence-corrected chi connectivity index (χ3v) is 22.5. The van der Waals surface area contributed by atoms with Crippen molar-refractivity contribution in [2.45, 2.75) is 61.8 Å². The maximum absolute atomic E-state index is 11.8. The summed E-state index contributed by atoms with van der Waals surface area (Å²) in [5.74, 6) is 0.